The standard InChI is InChI=1S/C58H44BN5O.Pt/c1-58(2,3)42-36-34-41(35-37-42)47-26-15-25-46(40-18-6-4-7-19-40)56(47)62-39-61(51-29-12-13-30-52(51)62)44-22-14-23-45(38-44)65-55-33-17-32-54(60-55)63-53-31-16-27-49-48-24-10-11-28-50(48)64(57(49)53)59(63)43-20-8-5-9-21-43;/h4-38H,1-3H3;/i4D,6D,7D,18D,19D;. The quantitative estimate of drug-likeness (QED) is 0.142. The van der Waals surface area contributed by atoms with E-state index in [9.17, 15) is 0 Å². The number of pyridine rings is 1. The molecule has 8 heteroatoms. The van der Waals surface area contributed by atoms with Gasteiger partial charge in [-0.25, -0.2) is 0 Å². The molecular weight excluding hydrogens is 989 g/mol. The number of imidazole rings is 1. The number of anilines is 2. The van der Waals surface area contributed by atoms with Gasteiger partial charge in [0.1, 0.15) is 0 Å². The Morgan fingerprint density at radius 3 is 2.02 bits per heavy atom. The fourth-order valence-electron chi connectivity index (χ4n) is 9.63. The third kappa shape index (κ3) is 6.60. The molecule has 1 aliphatic heterocycles. The van der Waals surface area contributed by atoms with E-state index in [4.69, 9.17) is 16.6 Å². The number of hydrogen-bond acceptors (Lipinski definition) is 3. The summed E-state index contributed by atoms with van der Waals surface area (Å²) in [7, 11) is 0. The molecule has 0 aliphatic carbocycles. The molecule has 0 amide bonds. The second kappa shape index (κ2) is 15.9. The summed E-state index contributed by atoms with van der Waals surface area (Å²) >= 11 is 2.34. The van der Waals surface area contributed by atoms with Crippen molar-refractivity contribution in [1.82, 2.24) is 18.6 Å². The summed E-state index contributed by atoms with van der Waals surface area (Å²) in [6.45, 7) is 6.36. The molecule has 11 aromatic rings. The van der Waals surface area contributed by atoms with Gasteiger partial charge in [-0.3, -0.25) is 0 Å². The van der Waals surface area contributed by atoms with Crippen molar-refractivity contribution < 1.29 is 30.9 Å². The monoisotopic (exact) mass is 1040 g/mol. The number of benzene rings is 8. The first-order valence-electron chi connectivity index (χ1n) is 24.5. The topological polar surface area (TPSA) is 40.1 Å². The second-order valence-corrected chi connectivity index (χ2v) is 18.6. The van der Waals surface area contributed by atoms with Crippen LogP contribution >= 0.6 is 0 Å². The van der Waals surface area contributed by atoms with E-state index >= 15 is 0 Å². The van der Waals surface area contributed by atoms with Crippen molar-refractivity contribution in [1.29, 1.82) is 0 Å². The Morgan fingerprint density at radius 1 is 0.591 bits per heavy atom. The van der Waals surface area contributed by atoms with E-state index in [1.165, 1.54) is 16.3 Å². The van der Waals surface area contributed by atoms with Gasteiger partial charge < -0.3 is 0 Å². The first-order valence-corrected chi connectivity index (χ1v) is 23.1. The molecule has 0 atom stereocenters. The van der Waals surface area contributed by atoms with Gasteiger partial charge in [-0.1, -0.05) is 60.7 Å². The van der Waals surface area contributed by atoms with Crippen molar-refractivity contribution in [2.45, 2.75) is 26.2 Å². The molecule has 12 rings (SSSR count). The normalized spacial score (nSPS) is 13.6. The molecule has 0 unspecified atom stereocenters. The van der Waals surface area contributed by atoms with Gasteiger partial charge in [-0.2, -0.15) is 0 Å². The molecule has 1 aliphatic rings. The van der Waals surface area contributed by atoms with Gasteiger partial charge in [0.15, 0.2) is 0 Å². The SMILES string of the molecule is [2H]c1c([2H])c([2H])c(-c2cccc(-c3ccc(C(C)(C)C)cc3)c2-n2[c](=[Pt])n(-c3cccc(Oc4cccc(N5B(c6ccccc6)n6c7ccccc7c7cccc5c76)n4)c3)c3ccccc32)c([2H])c1[2H]. The molecule has 4 heterocycles. The molecule has 0 spiro atoms. The zero-order chi connectivity index (χ0) is 48.9. The Balaban J connectivity index is 0.984. The molecule has 320 valence electrons. The summed E-state index contributed by atoms with van der Waals surface area (Å²) in [6, 6.07) is 60.1. The van der Waals surface area contributed by atoms with Gasteiger partial charge in [0.25, 0.3) is 0 Å². The van der Waals surface area contributed by atoms with Crippen LogP contribution in [-0.2, 0) is 24.8 Å². The number of ether oxygens (including phenoxy) is 1. The molecule has 66 heavy (non-hydrogen) atoms. The van der Waals surface area contributed by atoms with Crippen molar-refractivity contribution in [3.63, 3.8) is 0 Å². The summed E-state index contributed by atoms with van der Waals surface area (Å²) in [4.78, 5) is 7.51. The van der Waals surface area contributed by atoms with Crippen LogP contribution in [0.2, 0.25) is 0 Å². The summed E-state index contributed by atoms with van der Waals surface area (Å²) < 4.78 is 58.3. The minimum absolute atomic E-state index is 0.0667. The van der Waals surface area contributed by atoms with Crippen LogP contribution in [-0.4, -0.2) is 25.6 Å². The number of aromatic nitrogens is 4. The number of para-hydroxylation sites is 5. The number of rotatable bonds is 8. The van der Waals surface area contributed by atoms with Crippen LogP contribution < -0.4 is 15.0 Å². The molecule has 0 saturated carbocycles. The van der Waals surface area contributed by atoms with Crippen molar-refractivity contribution in [3.8, 4) is 45.3 Å². The van der Waals surface area contributed by atoms with Crippen LogP contribution in [0.4, 0.5) is 11.5 Å². The fourth-order valence-corrected chi connectivity index (χ4v) is 10.7. The number of nitrogens with zero attached hydrogens (tertiary/aromatic N) is 5. The van der Waals surface area contributed by atoms with Crippen molar-refractivity contribution in [2.24, 2.45) is 0 Å². The van der Waals surface area contributed by atoms with Crippen molar-refractivity contribution in [2.75, 3.05) is 4.81 Å². The van der Waals surface area contributed by atoms with E-state index in [-0.39, 0.29) is 42.1 Å². The van der Waals surface area contributed by atoms with Crippen LogP contribution in [0.25, 0.3) is 66.5 Å². The average Bonchev–Trinajstić information content (AvgIpc) is 4.02. The van der Waals surface area contributed by atoms with Crippen molar-refractivity contribution >= 4 is 56.8 Å². The maximum atomic E-state index is 9.15. The maximum absolute atomic E-state index is 9.15. The third-order valence-corrected chi connectivity index (χ3v) is 13.6. The van der Waals surface area contributed by atoms with Gasteiger partial charge in [0.2, 0.25) is 0 Å². The number of fused-ring (bicyclic) bond motifs is 4. The third-order valence-electron chi connectivity index (χ3n) is 12.6. The Labute approximate surface area is 402 Å². The van der Waals surface area contributed by atoms with E-state index < -0.39 is 6.04 Å². The van der Waals surface area contributed by atoms with Gasteiger partial charge in [-0.15, -0.1) is 0 Å². The van der Waals surface area contributed by atoms with E-state index in [1.54, 1.807) is 0 Å². The average molecular weight is 1040 g/mol. The Bertz CT molecular complexity index is 3990. The predicted octanol–water partition coefficient (Wildman–Crippen LogP) is 13.8. The van der Waals surface area contributed by atoms with Gasteiger partial charge in [-0.05, 0) is 6.07 Å². The molecule has 0 saturated heterocycles. The van der Waals surface area contributed by atoms with Crippen LogP contribution in [0.15, 0.2) is 212 Å². The van der Waals surface area contributed by atoms with Crippen molar-refractivity contribution in [3.05, 3.63) is 222 Å². The van der Waals surface area contributed by atoms with Crippen LogP contribution in [0, 0.1) is 3.80 Å². The molecule has 0 bridgehead atoms. The van der Waals surface area contributed by atoms with E-state index in [0.29, 0.717) is 22.9 Å². The Morgan fingerprint density at radius 2 is 1.24 bits per heavy atom. The van der Waals surface area contributed by atoms with E-state index in [0.717, 1.165) is 59.7 Å². The van der Waals surface area contributed by atoms with Gasteiger partial charge >= 0.3 is 321 Å². The van der Waals surface area contributed by atoms with Crippen LogP contribution in [0.3, 0.4) is 0 Å². The minimum atomic E-state index is -0.434. The molecule has 0 radical (unpaired) electrons. The fraction of sp³-hybridized carbons (Fsp3) is 0.0690. The molecule has 0 fully saturated rings. The molecule has 6 nitrogen and oxygen atoms in total. The Kier molecular flexibility index (Phi) is 8.40. The van der Waals surface area contributed by atoms with Gasteiger partial charge in [0, 0.05) is 16.3 Å². The molecule has 3 aromatic heterocycles. The first-order chi connectivity index (χ1) is 34.4. The summed E-state index contributed by atoms with van der Waals surface area (Å²) in [5.41, 5.74) is 11.3. The van der Waals surface area contributed by atoms with E-state index in [2.05, 4.69) is 162 Å². The zero-order valence-corrected chi connectivity index (χ0v) is 38.6. The summed E-state index contributed by atoms with van der Waals surface area (Å²) in [5.74, 6) is 1.78. The Hall–Kier alpha value is -7.47. The molecule has 8 aromatic carbocycles. The summed E-state index contributed by atoms with van der Waals surface area (Å²) in [6.07, 6.45) is 0. The first kappa shape index (κ1) is 34.9. The zero-order valence-electron chi connectivity index (χ0n) is 41.4. The predicted molar refractivity (Wildman–Crippen MR) is 269 cm³/mol. The second-order valence-electron chi connectivity index (χ2n) is 17.6. The summed E-state index contributed by atoms with van der Waals surface area (Å²) in [5, 5.41) is 2.41. The molecule has 0 N–H and O–H groups in total. The van der Waals surface area contributed by atoms with E-state index in [1.807, 2.05) is 78.9 Å². The van der Waals surface area contributed by atoms with Crippen LogP contribution in [0.1, 0.15) is 33.2 Å². The number of hydrogen-bond donors (Lipinski definition) is 0. The molecular formula is C58H44BN5OPt. The van der Waals surface area contributed by atoms with Crippen LogP contribution in [0.5, 0.6) is 11.6 Å². The van der Waals surface area contributed by atoms with Gasteiger partial charge in [0.05, 0.1) is 0 Å².